The Labute approximate surface area is 152 Å². The zero-order valence-corrected chi connectivity index (χ0v) is 15.2. The normalized spacial score (nSPS) is 19.2. The highest BCUT2D eigenvalue weighted by molar-refractivity contribution is 9.10. The van der Waals surface area contributed by atoms with Gasteiger partial charge in [-0.15, -0.1) is 0 Å². The van der Waals surface area contributed by atoms with Gasteiger partial charge in [0, 0.05) is 21.5 Å². The summed E-state index contributed by atoms with van der Waals surface area (Å²) in [5.41, 5.74) is 0.397. The number of sulfone groups is 1. The van der Waals surface area contributed by atoms with Gasteiger partial charge in [0.05, 0.1) is 9.79 Å². The molecule has 0 spiro atoms. The van der Waals surface area contributed by atoms with Crippen LogP contribution in [0.2, 0.25) is 0 Å². The van der Waals surface area contributed by atoms with Crippen LogP contribution in [0, 0.1) is 16.0 Å². The number of rotatable bonds is 5. The summed E-state index contributed by atoms with van der Waals surface area (Å²) >= 11 is 3.25. The van der Waals surface area contributed by atoms with Crippen LogP contribution < -0.4 is 5.32 Å². The fraction of sp³-hybridized carbons (Fsp3) is 0.188. The molecular weight excluding hydrogens is 412 g/mol. The van der Waals surface area contributed by atoms with E-state index in [1.54, 1.807) is 12.1 Å². The summed E-state index contributed by atoms with van der Waals surface area (Å²) in [5, 5.41) is 13.2. The molecule has 9 heteroatoms. The minimum Gasteiger partial charge on any atom is -0.326 e. The lowest BCUT2D eigenvalue weighted by Gasteiger charge is -2.07. The Kier molecular flexibility index (Phi) is 4.61. The van der Waals surface area contributed by atoms with Crippen molar-refractivity contribution in [3.05, 3.63) is 63.1 Å². The number of benzene rings is 2. The van der Waals surface area contributed by atoms with Crippen molar-refractivity contribution in [3.8, 4) is 0 Å². The highest BCUT2D eigenvalue weighted by Crippen LogP contribution is 2.34. The molecule has 1 fully saturated rings. The predicted molar refractivity (Wildman–Crippen MR) is 93.6 cm³/mol. The third-order valence-corrected chi connectivity index (χ3v) is 6.23. The number of amides is 1. The van der Waals surface area contributed by atoms with Crippen LogP contribution in [0.3, 0.4) is 0 Å². The van der Waals surface area contributed by atoms with Crippen molar-refractivity contribution in [1.29, 1.82) is 0 Å². The second kappa shape index (κ2) is 6.57. The minimum atomic E-state index is -3.65. The summed E-state index contributed by atoms with van der Waals surface area (Å²) in [5.74, 6) is -1.05. The molecule has 2 atom stereocenters. The van der Waals surface area contributed by atoms with E-state index in [9.17, 15) is 23.3 Å². The Morgan fingerprint density at radius 3 is 2.08 bits per heavy atom. The molecule has 2 aromatic carbocycles. The highest BCUT2D eigenvalue weighted by Gasteiger charge is 2.53. The standard InChI is InChI=1S/C16H13BrN2O5S/c17-10-1-5-12(6-2-10)25(23,24)13-7-3-11(4-8-13)18-16(20)14-9-15(14)19(21)22/h1-8,14-15H,9H2,(H,18,20). The van der Waals surface area contributed by atoms with Crippen molar-refractivity contribution in [2.24, 2.45) is 5.92 Å². The first-order valence-electron chi connectivity index (χ1n) is 7.34. The van der Waals surface area contributed by atoms with Crippen LogP contribution in [0.4, 0.5) is 5.69 Å². The second-order valence-corrected chi connectivity index (χ2v) is 8.53. The van der Waals surface area contributed by atoms with E-state index in [0.29, 0.717) is 5.69 Å². The molecule has 1 aliphatic carbocycles. The smallest absolute Gasteiger partial charge is 0.234 e. The van der Waals surface area contributed by atoms with Crippen LogP contribution in [-0.4, -0.2) is 25.3 Å². The van der Waals surface area contributed by atoms with Crippen molar-refractivity contribution in [3.63, 3.8) is 0 Å². The maximum Gasteiger partial charge on any atom is 0.234 e. The molecule has 2 unspecified atom stereocenters. The second-order valence-electron chi connectivity index (χ2n) is 5.67. The van der Waals surface area contributed by atoms with E-state index in [-0.39, 0.29) is 16.2 Å². The molecule has 0 bridgehead atoms. The van der Waals surface area contributed by atoms with Crippen molar-refractivity contribution in [2.75, 3.05) is 5.32 Å². The molecule has 1 amide bonds. The maximum absolute atomic E-state index is 12.5. The number of halogens is 1. The Bertz CT molecular complexity index is 926. The third kappa shape index (κ3) is 3.72. The average molecular weight is 425 g/mol. The SMILES string of the molecule is O=C(Nc1ccc(S(=O)(=O)c2ccc(Br)cc2)cc1)C1CC1[N+](=O)[O-]. The van der Waals surface area contributed by atoms with Gasteiger partial charge in [0.1, 0.15) is 5.92 Å². The van der Waals surface area contributed by atoms with Crippen molar-refractivity contribution >= 4 is 37.4 Å². The predicted octanol–water partition coefficient (Wildman–Crippen LogP) is 2.89. The molecule has 0 heterocycles. The molecule has 0 saturated heterocycles. The summed E-state index contributed by atoms with van der Waals surface area (Å²) < 4.78 is 25.8. The number of carbonyl (C=O) groups is 1. The van der Waals surface area contributed by atoms with E-state index in [1.165, 1.54) is 36.4 Å². The fourth-order valence-corrected chi connectivity index (χ4v) is 3.92. The highest BCUT2D eigenvalue weighted by atomic mass is 79.9. The zero-order valence-electron chi connectivity index (χ0n) is 12.8. The maximum atomic E-state index is 12.5. The molecule has 130 valence electrons. The van der Waals surface area contributed by atoms with Crippen molar-refractivity contribution < 1.29 is 18.1 Å². The number of hydrogen-bond acceptors (Lipinski definition) is 5. The summed E-state index contributed by atoms with van der Waals surface area (Å²) in [6.45, 7) is 0. The molecule has 7 nitrogen and oxygen atoms in total. The van der Waals surface area contributed by atoms with Gasteiger partial charge in [0.2, 0.25) is 21.8 Å². The number of carbonyl (C=O) groups excluding carboxylic acids is 1. The number of nitrogens with zero attached hydrogens (tertiary/aromatic N) is 1. The number of hydrogen-bond donors (Lipinski definition) is 1. The molecule has 1 saturated carbocycles. The van der Waals surface area contributed by atoms with Gasteiger partial charge in [-0.1, -0.05) is 15.9 Å². The minimum absolute atomic E-state index is 0.0995. The molecule has 1 aliphatic rings. The van der Waals surface area contributed by atoms with Gasteiger partial charge in [0.15, 0.2) is 0 Å². The quantitative estimate of drug-likeness (QED) is 0.586. The van der Waals surface area contributed by atoms with E-state index in [1.807, 2.05) is 0 Å². The lowest BCUT2D eigenvalue weighted by molar-refractivity contribution is -0.497. The topological polar surface area (TPSA) is 106 Å². The van der Waals surface area contributed by atoms with Crippen LogP contribution >= 0.6 is 15.9 Å². The Hall–Kier alpha value is -2.26. The van der Waals surface area contributed by atoms with Gasteiger partial charge in [-0.2, -0.15) is 0 Å². The number of nitrogens with one attached hydrogen (secondary N) is 1. The molecule has 0 aliphatic heterocycles. The van der Waals surface area contributed by atoms with Crippen LogP contribution in [0.25, 0.3) is 0 Å². The van der Waals surface area contributed by atoms with E-state index in [2.05, 4.69) is 21.2 Å². The summed E-state index contributed by atoms with van der Waals surface area (Å²) in [6.07, 6.45) is 0.231. The van der Waals surface area contributed by atoms with Crippen LogP contribution in [0.1, 0.15) is 6.42 Å². The van der Waals surface area contributed by atoms with Gasteiger partial charge in [-0.25, -0.2) is 8.42 Å². The summed E-state index contributed by atoms with van der Waals surface area (Å²) in [6, 6.07) is 11.2. The molecule has 3 rings (SSSR count). The van der Waals surface area contributed by atoms with Crippen LogP contribution in [-0.2, 0) is 14.6 Å². The van der Waals surface area contributed by atoms with Crippen molar-refractivity contribution in [2.45, 2.75) is 22.3 Å². The first-order valence-corrected chi connectivity index (χ1v) is 9.62. The number of nitro groups is 1. The molecule has 0 radical (unpaired) electrons. The fourth-order valence-electron chi connectivity index (χ4n) is 2.40. The molecule has 2 aromatic rings. The first kappa shape index (κ1) is 17.6. The van der Waals surface area contributed by atoms with Gasteiger partial charge in [-0.3, -0.25) is 14.9 Å². The Morgan fingerprint density at radius 1 is 1.08 bits per heavy atom. The summed E-state index contributed by atoms with van der Waals surface area (Å²) in [4.78, 5) is 22.3. The lowest BCUT2D eigenvalue weighted by Crippen LogP contribution is -2.18. The third-order valence-electron chi connectivity index (χ3n) is 3.92. The average Bonchev–Trinajstić information content (AvgIpc) is 3.37. The van der Waals surface area contributed by atoms with E-state index in [4.69, 9.17) is 0 Å². The first-order chi connectivity index (χ1) is 11.8. The van der Waals surface area contributed by atoms with Gasteiger partial charge in [0.25, 0.3) is 0 Å². The van der Waals surface area contributed by atoms with E-state index in [0.717, 1.165) is 4.47 Å². The monoisotopic (exact) mass is 424 g/mol. The zero-order chi connectivity index (χ0) is 18.2. The Balaban J connectivity index is 1.73. The molecule has 0 aromatic heterocycles. The Morgan fingerprint density at radius 2 is 1.60 bits per heavy atom. The molecule has 1 N–H and O–H groups in total. The van der Waals surface area contributed by atoms with Crippen LogP contribution in [0.15, 0.2) is 62.8 Å². The lowest BCUT2D eigenvalue weighted by atomic mass is 10.3. The van der Waals surface area contributed by atoms with Gasteiger partial charge in [-0.05, 0) is 48.5 Å². The van der Waals surface area contributed by atoms with E-state index < -0.39 is 32.6 Å². The van der Waals surface area contributed by atoms with E-state index >= 15 is 0 Å². The van der Waals surface area contributed by atoms with Crippen molar-refractivity contribution in [1.82, 2.24) is 0 Å². The largest absolute Gasteiger partial charge is 0.326 e. The molecular formula is C16H13BrN2O5S. The van der Waals surface area contributed by atoms with Gasteiger partial charge >= 0.3 is 0 Å². The number of anilines is 1. The molecule has 25 heavy (non-hydrogen) atoms. The van der Waals surface area contributed by atoms with Gasteiger partial charge < -0.3 is 5.32 Å². The van der Waals surface area contributed by atoms with Crippen LogP contribution in [0.5, 0.6) is 0 Å². The summed E-state index contributed by atoms with van der Waals surface area (Å²) in [7, 11) is -3.65.